The van der Waals surface area contributed by atoms with Gasteiger partial charge in [-0.3, -0.25) is 9.59 Å². The van der Waals surface area contributed by atoms with Gasteiger partial charge in [0.2, 0.25) is 5.91 Å². The van der Waals surface area contributed by atoms with Gasteiger partial charge in [0.15, 0.2) is 0 Å². The first-order valence-electron chi connectivity index (χ1n) is 9.55. The van der Waals surface area contributed by atoms with Gasteiger partial charge in [0.25, 0.3) is 5.91 Å². The molecule has 1 atom stereocenters. The first-order chi connectivity index (χ1) is 13.0. The van der Waals surface area contributed by atoms with E-state index in [0.717, 1.165) is 46.8 Å². The monoisotopic (exact) mass is 385 g/mol. The van der Waals surface area contributed by atoms with Crippen LogP contribution in [0, 0.1) is 13.8 Å². The summed E-state index contributed by atoms with van der Waals surface area (Å²) in [5.74, 6) is 0.425. The van der Waals surface area contributed by atoms with Crippen molar-refractivity contribution in [3.8, 4) is 0 Å². The number of hydrogen-bond acceptors (Lipinski definition) is 4. The van der Waals surface area contributed by atoms with Crippen molar-refractivity contribution in [3.63, 3.8) is 0 Å². The Morgan fingerprint density at radius 3 is 2.93 bits per heavy atom. The van der Waals surface area contributed by atoms with Crippen LogP contribution in [-0.4, -0.2) is 34.8 Å². The Labute approximate surface area is 164 Å². The molecule has 2 amide bonds. The zero-order valence-corrected chi connectivity index (χ0v) is 17.1. The van der Waals surface area contributed by atoms with Gasteiger partial charge in [-0.15, -0.1) is 11.3 Å². The van der Waals surface area contributed by atoms with Crippen LogP contribution in [0.1, 0.15) is 64.3 Å². The lowest BCUT2D eigenvalue weighted by Crippen LogP contribution is -2.39. The molecule has 2 heterocycles. The molecule has 1 aliphatic heterocycles. The Balaban J connectivity index is 1.67. The maximum atomic E-state index is 13.0. The number of hydrogen-bond donors (Lipinski definition) is 1. The van der Waals surface area contributed by atoms with E-state index in [-0.39, 0.29) is 17.7 Å². The lowest BCUT2D eigenvalue weighted by atomic mass is 9.97. The fourth-order valence-electron chi connectivity index (χ4n) is 3.41. The van der Waals surface area contributed by atoms with Crippen LogP contribution in [0.4, 0.5) is 0 Å². The number of amides is 2. The lowest BCUT2D eigenvalue weighted by Gasteiger charge is -2.32. The standard InChI is InChI=1S/C21H27N3O2S/c1-4-19(25)22-11-17-13-27-20(23-17)16-6-5-9-24(12-16)21(26)18-10-14(2)7-8-15(18)3/h7-8,10,13,16H,4-6,9,11-12H2,1-3H3,(H,22,25)/t16-/m1/s1. The highest BCUT2D eigenvalue weighted by Gasteiger charge is 2.28. The molecule has 5 nitrogen and oxygen atoms in total. The summed E-state index contributed by atoms with van der Waals surface area (Å²) in [4.78, 5) is 31.1. The normalized spacial score (nSPS) is 17.0. The van der Waals surface area contributed by atoms with Crippen LogP contribution < -0.4 is 5.32 Å². The predicted octanol–water partition coefficient (Wildman–Crippen LogP) is 3.81. The number of aromatic nitrogens is 1. The lowest BCUT2D eigenvalue weighted by molar-refractivity contribution is -0.120. The zero-order valence-electron chi connectivity index (χ0n) is 16.2. The number of thiazole rings is 1. The molecule has 1 aliphatic rings. The van der Waals surface area contributed by atoms with E-state index >= 15 is 0 Å². The van der Waals surface area contributed by atoms with E-state index < -0.39 is 0 Å². The molecule has 0 saturated carbocycles. The van der Waals surface area contributed by atoms with Crippen molar-refractivity contribution >= 4 is 23.2 Å². The zero-order chi connectivity index (χ0) is 19.4. The van der Waals surface area contributed by atoms with Crippen LogP contribution in [-0.2, 0) is 11.3 Å². The molecular formula is C21H27N3O2S. The molecule has 144 valence electrons. The Morgan fingerprint density at radius 1 is 1.33 bits per heavy atom. The Morgan fingerprint density at radius 2 is 2.15 bits per heavy atom. The molecule has 0 radical (unpaired) electrons. The molecule has 0 bridgehead atoms. The van der Waals surface area contributed by atoms with Crippen molar-refractivity contribution in [2.24, 2.45) is 0 Å². The summed E-state index contributed by atoms with van der Waals surface area (Å²) >= 11 is 1.63. The highest BCUT2D eigenvalue weighted by Crippen LogP contribution is 2.30. The van der Waals surface area contributed by atoms with Crippen molar-refractivity contribution in [2.75, 3.05) is 13.1 Å². The predicted molar refractivity (Wildman–Crippen MR) is 108 cm³/mol. The highest BCUT2D eigenvalue weighted by molar-refractivity contribution is 7.09. The third-order valence-corrected chi connectivity index (χ3v) is 6.09. The van der Waals surface area contributed by atoms with E-state index in [0.29, 0.717) is 19.5 Å². The van der Waals surface area contributed by atoms with Crippen LogP contribution in [0.2, 0.25) is 0 Å². The minimum Gasteiger partial charge on any atom is -0.350 e. The smallest absolute Gasteiger partial charge is 0.254 e. The van der Waals surface area contributed by atoms with Crippen LogP contribution in [0.15, 0.2) is 23.6 Å². The van der Waals surface area contributed by atoms with Crippen molar-refractivity contribution in [3.05, 3.63) is 51.0 Å². The van der Waals surface area contributed by atoms with Crippen molar-refractivity contribution < 1.29 is 9.59 Å². The van der Waals surface area contributed by atoms with E-state index in [1.807, 2.05) is 49.3 Å². The number of nitrogens with zero attached hydrogens (tertiary/aromatic N) is 2. The van der Waals surface area contributed by atoms with Gasteiger partial charge < -0.3 is 10.2 Å². The molecule has 1 aromatic carbocycles. The van der Waals surface area contributed by atoms with Gasteiger partial charge in [-0.05, 0) is 38.3 Å². The van der Waals surface area contributed by atoms with Crippen LogP contribution in [0.25, 0.3) is 0 Å². The first kappa shape index (κ1) is 19.5. The SMILES string of the molecule is CCC(=O)NCc1csc([C@@H]2CCCN(C(=O)c3cc(C)ccc3C)C2)n1. The second-order valence-corrected chi connectivity index (χ2v) is 8.11. The van der Waals surface area contributed by atoms with Crippen molar-refractivity contribution in [1.82, 2.24) is 15.2 Å². The third-order valence-electron chi connectivity index (χ3n) is 5.04. The van der Waals surface area contributed by atoms with Crippen molar-refractivity contribution in [2.45, 2.75) is 52.5 Å². The van der Waals surface area contributed by atoms with Gasteiger partial charge in [0.05, 0.1) is 17.2 Å². The summed E-state index contributed by atoms with van der Waals surface area (Å²) in [5.41, 5.74) is 3.83. The topological polar surface area (TPSA) is 62.3 Å². The number of aryl methyl sites for hydroxylation is 2. The Kier molecular flexibility index (Phi) is 6.26. The van der Waals surface area contributed by atoms with E-state index in [1.165, 1.54) is 0 Å². The number of nitrogens with one attached hydrogen (secondary N) is 1. The number of likely N-dealkylation sites (tertiary alicyclic amines) is 1. The average Bonchev–Trinajstić information content (AvgIpc) is 3.16. The summed E-state index contributed by atoms with van der Waals surface area (Å²) in [6.45, 7) is 7.83. The molecule has 1 fully saturated rings. The van der Waals surface area contributed by atoms with Gasteiger partial charge in [-0.25, -0.2) is 4.98 Å². The highest BCUT2D eigenvalue weighted by atomic mass is 32.1. The number of piperidine rings is 1. The molecule has 27 heavy (non-hydrogen) atoms. The third kappa shape index (κ3) is 4.75. The summed E-state index contributed by atoms with van der Waals surface area (Å²) in [5, 5.41) is 5.94. The molecule has 1 saturated heterocycles. The summed E-state index contributed by atoms with van der Waals surface area (Å²) in [7, 11) is 0. The second kappa shape index (κ2) is 8.65. The van der Waals surface area contributed by atoms with Gasteiger partial charge in [0.1, 0.15) is 0 Å². The molecule has 0 aliphatic carbocycles. The van der Waals surface area contributed by atoms with Gasteiger partial charge in [-0.2, -0.15) is 0 Å². The molecule has 2 aromatic rings. The van der Waals surface area contributed by atoms with E-state index in [1.54, 1.807) is 11.3 Å². The Hall–Kier alpha value is -2.21. The van der Waals surface area contributed by atoms with Crippen LogP contribution >= 0.6 is 11.3 Å². The molecular weight excluding hydrogens is 358 g/mol. The minimum absolute atomic E-state index is 0.0347. The van der Waals surface area contributed by atoms with Gasteiger partial charge in [0, 0.05) is 36.4 Å². The molecule has 0 unspecified atom stereocenters. The molecule has 1 aromatic heterocycles. The van der Waals surface area contributed by atoms with Crippen LogP contribution in [0.3, 0.4) is 0 Å². The van der Waals surface area contributed by atoms with Gasteiger partial charge >= 0.3 is 0 Å². The summed E-state index contributed by atoms with van der Waals surface area (Å²) in [6.07, 6.45) is 2.52. The molecule has 6 heteroatoms. The largest absolute Gasteiger partial charge is 0.350 e. The molecule has 1 N–H and O–H groups in total. The second-order valence-electron chi connectivity index (χ2n) is 7.22. The van der Waals surface area contributed by atoms with E-state index in [2.05, 4.69) is 5.32 Å². The van der Waals surface area contributed by atoms with Gasteiger partial charge in [-0.1, -0.05) is 24.6 Å². The quantitative estimate of drug-likeness (QED) is 0.851. The van der Waals surface area contributed by atoms with Crippen molar-refractivity contribution in [1.29, 1.82) is 0 Å². The summed E-state index contributed by atoms with van der Waals surface area (Å²) < 4.78 is 0. The summed E-state index contributed by atoms with van der Waals surface area (Å²) in [6, 6.07) is 6.04. The first-order valence-corrected chi connectivity index (χ1v) is 10.4. The maximum absolute atomic E-state index is 13.0. The average molecular weight is 386 g/mol. The fourth-order valence-corrected chi connectivity index (χ4v) is 4.35. The molecule has 3 rings (SSSR count). The maximum Gasteiger partial charge on any atom is 0.254 e. The number of carbonyl (C=O) groups excluding carboxylic acids is 2. The molecule has 0 spiro atoms. The number of rotatable bonds is 5. The number of carbonyl (C=O) groups is 2. The van der Waals surface area contributed by atoms with Crippen LogP contribution in [0.5, 0.6) is 0 Å². The Bertz CT molecular complexity index is 831. The van der Waals surface area contributed by atoms with E-state index in [9.17, 15) is 9.59 Å². The minimum atomic E-state index is 0.0347. The van der Waals surface area contributed by atoms with E-state index in [4.69, 9.17) is 4.98 Å². The fraction of sp³-hybridized carbons (Fsp3) is 0.476. The number of benzene rings is 1.